The fraction of sp³-hybridized carbons (Fsp3) is 0. The van der Waals surface area contributed by atoms with Gasteiger partial charge in [0, 0.05) is 16.3 Å². The van der Waals surface area contributed by atoms with E-state index in [4.69, 9.17) is 82.5 Å². The van der Waals surface area contributed by atoms with Crippen molar-refractivity contribution in [3.63, 3.8) is 0 Å². The molecule has 2 aromatic heterocycles. The molecule has 0 saturated carbocycles. The number of nitrogens with zero attached hydrogens (tertiary/aromatic N) is 3. The van der Waals surface area contributed by atoms with Crippen molar-refractivity contribution in [1.29, 1.82) is 0 Å². The smallest absolute Gasteiger partial charge is 0.227 e. The van der Waals surface area contributed by atoms with Crippen LogP contribution in [0.1, 0.15) is 0 Å². The minimum atomic E-state index is -0.151. The van der Waals surface area contributed by atoms with Gasteiger partial charge in [-0.3, -0.25) is 0 Å². The number of rotatable bonds is 1. The van der Waals surface area contributed by atoms with E-state index in [1.54, 1.807) is 0 Å². The highest BCUT2D eigenvalue weighted by Crippen LogP contribution is 2.31. The van der Waals surface area contributed by atoms with Crippen molar-refractivity contribution in [2.75, 3.05) is 0 Å². The van der Waals surface area contributed by atoms with Crippen LogP contribution in [0.25, 0.3) is 33.3 Å². The summed E-state index contributed by atoms with van der Waals surface area (Å²) in [6.07, 6.45) is 0. The second kappa shape index (κ2) is 6.67. The van der Waals surface area contributed by atoms with Gasteiger partial charge in [-0.15, -0.1) is 16.4 Å². The third kappa shape index (κ3) is 2.67. The molecule has 4 nitrogen and oxygen atoms in total. The van der Waals surface area contributed by atoms with Crippen molar-refractivity contribution >= 4 is 138 Å². The molecule has 116 valence electrons. The van der Waals surface area contributed by atoms with E-state index in [2.05, 4.69) is 15.0 Å². The summed E-state index contributed by atoms with van der Waals surface area (Å²) in [7, 11) is 42.6. The largest absolute Gasteiger partial charge is 0.457 e. The zero-order valence-corrected chi connectivity index (χ0v) is 15.6. The first-order chi connectivity index (χ1) is 13.1. The van der Waals surface area contributed by atoms with Gasteiger partial charge in [-0.2, -0.15) is 15.0 Å². The van der Waals surface area contributed by atoms with Gasteiger partial charge >= 0.3 is 0 Å². The SMILES string of the molecule is [B]c1c([B])c([B])c2c(oc3c([B])c([B])c([B])c(-c4nc(Cl)nc(Cl)n4)c32)c1[B]. The lowest BCUT2D eigenvalue weighted by atomic mass is 9.64. The summed E-state index contributed by atoms with van der Waals surface area (Å²) >= 11 is 11.8. The molecule has 2 aromatic carbocycles. The second-order valence-electron chi connectivity index (χ2n) is 5.98. The predicted molar refractivity (Wildman–Crippen MR) is 120 cm³/mol. The lowest BCUT2D eigenvalue weighted by molar-refractivity contribution is 0.675. The molecule has 4 aromatic rings. The zero-order valence-electron chi connectivity index (χ0n) is 14.0. The van der Waals surface area contributed by atoms with E-state index in [-0.39, 0.29) is 71.4 Å². The van der Waals surface area contributed by atoms with Crippen LogP contribution in [0.4, 0.5) is 0 Å². The fourth-order valence-corrected chi connectivity index (χ4v) is 3.42. The highest BCUT2D eigenvalue weighted by molar-refractivity contribution is 6.68. The molecule has 28 heavy (non-hydrogen) atoms. The molecule has 0 aliphatic carbocycles. The molecular weight excluding hydrogens is 385 g/mol. The van der Waals surface area contributed by atoms with Crippen molar-refractivity contribution in [3.05, 3.63) is 10.6 Å². The summed E-state index contributed by atoms with van der Waals surface area (Å²) < 4.78 is 5.85. The number of furan rings is 1. The molecule has 0 unspecified atom stereocenters. The molecule has 0 fully saturated rings. The van der Waals surface area contributed by atoms with E-state index in [0.717, 1.165) is 0 Å². The Morgan fingerprint density at radius 2 is 1.00 bits per heavy atom. The lowest BCUT2D eigenvalue weighted by Gasteiger charge is -2.15. The minimum absolute atomic E-state index is 0.0373. The van der Waals surface area contributed by atoms with E-state index < -0.39 is 0 Å². The molecular formula is C15B7Cl2N3O. The van der Waals surface area contributed by atoms with Gasteiger partial charge in [0.05, 0.1) is 0 Å². The summed E-state index contributed by atoms with van der Waals surface area (Å²) in [5.41, 5.74) is 1.14. The molecule has 0 bridgehead atoms. The maximum Gasteiger partial charge on any atom is 0.227 e. The topological polar surface area (TPSA) is 51.8 Å². The normalized spacial score (nSPS) is 11.5. The van der Waals surface area contributed by atoms with E-state index in [1.165, 1.54) is 0 Å². The van der Waals surface area contributed by atoms with Gasteiger partial charge in [0.1, 0.15) is 66.1 Å². The third-order valence-electron chi connectivity index (χ3n) is 4.44. The van der Waals surface area contributed by atoms with E-state index in [1.807, 2.05) is 0 Å². The summed E-state index contributed by atoms with van der Waals surface area (Å²) in [5, 5.41) is 0.373. The summed E-state index contributed by atoms with van der Waals surface area (Å²) in [6.45, 7) is 0. The molecule has 4 rings (SSSR count). The van der Waals surface area contributed by atoms with Crippen LogP contribution >= 0.6 is 23.2 Å². The van der Waals surface area contributed by atoms with Crippen LogP contribution in [0.15, 0.2) is 4.42 Å². The molecule has 0 aliphatic rings. The number of hydrogen-bond acceptors (Lipinski definition) is 4. The van der Waals surface area contributed by atoms with Gasteiger partial charge in [0.25, 0.3) is 0 Å². The number of fused-ring (bicyclic) bond motifs is 3. The molecule has 0 amide bonds. The van der Waals surface area contributed by atoms with Crippen LogP contribution in [-0.4, -0.2) is 69.9 Å². The quantitative estimate of drug-likeness (QED) is 0.317. The highest BCUT2D eigenvalue weighted by Gasteiger charge is 2.23. The first-order valence-corrected chi connectivity index (χ1v) is 8.40. The molecule has 2 heterocycles. The van der Waals surface area contributed by atoms with E-state index in [9.17, 15) is 0 Å². The maximum atomic E-state index is 6.23. The number of hydrogen-bond donors (Lipinski definition) is 0. The number of halogens is 2. The van der Waals surface area contributed by atoms with Gasteiger partial charge in [-0.05, 0) is 23.2 Å². The Morgan fingerprint density at radius 1 is 0.536 bits per heavy atom. The molecule has 0 N–H and O–H groups in total. The Balaban J connectivity index is 2.34. The monoisotopic (exact) mass is 385 g/mol. The predicted octanol–water partition coefficient (Wildman–Crippen LogP) is -3.70. The van der Waals surface area contributed by atoms with Crippen molar-refractivity contribution in [2.24, 2.45) is 0 Å². The average Bonchev–Trinajstić information content (AvgIpc) is 3.02. The van der Waals surface area contributed by atoms with Crippen LogP contribution < -0.4 is 38.2 Å². The number of benzene rings is 2. The summed E-state index contributed by atoms with van der Waals surface area (Å²) in [4.78, 5) is 11.9. The molecule has 0 spiro atoms. The van der Waals surface area contributed by atoms with Crippen LogP contribution in [0.5, 0.6) is 0 Å². The third-order valence-corrected chi connectivity index (χ3v) is 4.78. The van der Waals surface area contributed by atoms with Crippen molar-refractivity contribution in [1.82, 2.24) is 15.0 Å². The Bertz CT molecular complexity index is 1310. The molecule has 0 saturated heterocycles. The van der Waals surface area contributed by atoms with Crippen LogP contribution in [-0.2, 0) is 0 Å². The van der Waals surface area contributed by atoms with Gasteiger partial charge in [-0.1, -0.05) is 21.9 Å². The van der Waals surface area contributed by atoms with Crippen LogP contribution in [0.3, 0.4) is 0 Å². The minimum Gasteiger partial charge on any atom is -0.457 e. The molecule has 14 radical (unpaired) electrons. The van der Waals surface area contributed by atoms with Crippen molar-refractivity contribution < 1.29 is 4.42 Å². The number of aromatic nitrogens is 3. The lowest BCUT2D eigenvalue weighted by Crippen LogP contribution is -2.47. The van der Waals surface area contributed by atoms with Crippen molar-refractivity contribution in [2.45, 2.75) is 0 Å². The van der Waals surface area contributed by atoms with Gasteiger partial charge < -0.3 is 4.42 Å². The van der Waals surface area contributed by atoms with Crippen molar-refractivity contribution in [3.8, 4) is 11.4 Å². The van der Waals surface area contributed by atoms with Gasteiger partial charge in [0.2, 0.25) is 10.6 Å². The first kappa shape index (κ1) is 19.6. The Labute approximate surface area is 179 Å². The van der Waals surface area contributed by atoms with Crippen LogP contribution in [0.2, 0.25) is 10.6 Å². The zero-order chi connectivity index (χ0) is 20.5. The Morgan fingerprint density at radius 3 is 1.57 bits per heavy atom. The van der Waals surface area contributed by atoms with Crippen LogP contribution in [0, 0.1) is 0 Å². The first-order valence-electron chi connectivity index (χ1n) is 7.65. The standard InChI is InChI=1S/C15B7Cl2N3O/c16-4-2-1-3(13-25-14(23)27-15(24)26-13)5(17)7(19)9(21)11(1)28-12(2)10(22)8(20)6(4)18. The van der Waals surface area contributed by atoms with E-state index in [0.29, 0.717) is 10.8 Å². The summed E-state index contributed by atoms with van der Waals surface area (Å²) in [6, 6.07) is 0. The molecule has 13 heteroatoms. The Kier molecular flexibility index (Phi) is 4.67. The molecule has 0 atom stereocenters. The van der Waals surface area contributed by atoms with Gasteiger partial charge in [0.15, 0.2) is 5.82 Å². The summed E-state index contributed by atoms with van der Waals surface area (Å²) in [5.74, 6) is 0.0373. The maximum absolute atomic E-state index is 6.23. The van der Waals surface area contributed by atoms with Gasteiger partial charge in [-0.25, -0.2) is 0 Å². The highest BCUT2D eigenvalue weighted by atomic mass is 35.5. The molecule has 0 aliphatic heterocycles. The fourth-order valence-electron chi connectivity index (χ4n) is 3.06. The Hall–Kier alpha value is -1.72. The second-order valence-corrected chi connectivity index (χ2v) is 6.65. The average molecular weight is 385 g/mol. The van der Waals surface area contributed by atoms with E-state index >= 15 is 0 Å².